The first-order valence-electron chi connectivity index (χ1n) is 29.8. The number of carbonyl (C=O) groups excluding carboxylic acids is 2. The van der Waals surface area contributed by atoms with E-state index < -0.39 is 24.3 Å². The van der Waals surface area contributed by atoms with E-state index in [1.807, 2.05) is 21.1 Å². The maximum atomic E-state index is 12.8. The van der Waals surface area contributed by atoms with Crippen molar-refractivity contribution in [3.8, 4) is 0 Å². The maximum absolute atomic E-state index is 12.8. The zero-order valence-electron chi connectivity index (χ0n) is 47.1. The normalized spacial score (nSPS) is 13.1. The van der Waals surface area contributed by atoms with Gasteiger partial charge in [0.05, 0.1) is 34.4 Å². The number of hydrogen-bond donors (Lipinski definition) is 1. The van der Waals surface area contributed by atoms with Crippen LogP contribution in [0.4, 0.5) is 0 Å². The molecule has 0 saturated heterocycles. The Kier molecular flexibility index (Phi) is 51.5. The van der Waals surface area contributed by atoms with Crippen molar-refractivity contribution < 1.29 is 42.9 Å². The van der Waals surface area contributed by atoms with Crippen LogP contribution in [-0.2, 0) is 33.3 Å². The number of likely N-dealkylation sites (N-methyl/N-ethyl adjacent to an activating group) is 1. The predicted molar refractivity (Wildman–Crippen MR) is 300 cm³/mol. The van der Waals surface area contributed by atoms with Crippen LogP contribution in [-0.4, -0.2) is 87.4 Å². The monoisotopic (exact) mass is 1000 g/mol. The summed E-state index contributed by atoms with van der Waals surface area (Å²) in [4.78, 5) is 37.1. The molecular weight excluding hydrogens is 887 g/mol. The Hall–Kier alpha value is -2.75. The first-order valence-corrected chi connectivity index (χ1v) is 29.8. The highest BCUT2D eigenvalue weighted by atomic mass is 16.7. The second-order valence-electron chi connectivity index (χ2n) is 21.3. The molecule has 1 N–H and O–H groups in total. The number of ether oxygens (including phenoxy) is 4. The molecule has 0 bridgehead atoms. The third kappa shape index (κ3) is 54.9. The minimum absolute atomic E-state index is 0.177. The summed E-state index contributed by atoms with van der Waals surface area (Å²) >= 11 is 0. The van der Waals surface area contributed by atoms with Crippen LogP contribution in [0.25, 0.3) is 0 Å². The number of hydrogen-bond acceptors (Lipinski definition) is 7. The summed E-state index contributed by atoms with van der Waals surface area (Å²) in [5.74, 6) is -2.00. The highest BCUT2D eigenvalue weighted by molar-refractivity contribution is 5.71. The third-order valence-electron chi connectivity index (χ3n) is 13.1. The van der Waals surface area contributed by atoms with Gasteiger partial charge in [0.1, 0.15) is 13.2 Å². The van der Waals surface area contributed by atoms with Gasteiger partial charge in [0.2, 0.25) is 0 Å². The van der Waals surface area contributed by atoms with E-state index in [4.69, 9.17) is 18.9 Å². The second kappa shape index (κ2) is 53.5. The lowest BCUT2D eigenvalue weighted by molar-refractivity contribution is -0.870. The standard InChI is InChI=1S/C62H113NO8/c1-6-8-10-12-14-15-16-17-18-19-20-21-22-23-24-25-26-27-28-29-30-31-32-33-34-35-36-37-38-39-40-41-42-43-44-45-47-49-51-53-60(65)71-58(56-69-59(64)52-50-48-46-13-11-9-7-2)57-70-62(61(66)67)68-55-54-63(3,4)5/h8,10,14-15,17-18,20-21,58,62H,6-7,9,11-13,16,19,22-57H2,1-5H3/p+1/b10-8-,15-14-,18-17-,21-20-. The molecule has 9 nitrogen and oxygen atoms in total. The van der Waals surface area contributed by atoms with Crippen LogP contribution in [0.15, 0.2) is 48.6 Å². The van der Waals surface area contributed by atoms with Crippen LogP contribution >= 0.6 is 0 Å². The van der Waals surface area contributed by atoms with Crippen LogP contribution < -0.4 is 0 Å². The number of nitrogens with zero attached hydrogens (tertiary/aromatic N) is 1. The molecule has 0 aliphatic carbocycles. The molecule has 0 aliphatic heterocycles. The van der Waals surface area contributed by atoms with Crippen molar-refractivity contribution in [2.24, 2.45) is 0 Å². The molecule has 0 fully saturated rings. The predicted octanol–water partition coefficient (Wildman–Crippen LogP) is 17.5. The summed E-state index contributed by atoms with van der Waals surface area (Å²) in [6.45, 7) is 4.74. The molecule has 0 heterocycles. The Labute approximate surface area is 438 Å². The molecule has 0 aromatic carbocycles. The lowest BCUT2D eigenvalue weighted by Crippen LogP contribution is -2.40. The van der Waals surface area contributed by atoms with E-state index in [9.17, 15) is 19.5 Å². The number of aliphatic carboxylic acids is 1. The molecule has 71 heavy (non-hydrogen) atoms. The van der Waals surface area contributed by atoms with Gasteiger partial charge in [-0.3, -0.25) is 9.59 Å². The molecule has 0 aromatic rings. The number of esters is 2. The van der Waals surface area contributed by atoms with Crippen LogP contribution in [0.5, 0.6) is 0 Å². The molecule has 0 aromatic heterocycles. The number of carboxylic acids is 1. The molecule has 9 heteroatoms. The molecule has 2 atom stereocenters. The van der Waals surface area contributed by atoms with Crippen molar-refractivity contribution in [1.29, 1.82) is 0 Å². The second-order valence-corrected chi connectivity index (χ2v) is 21.3. The smallest absolute Gasteiger partial charge is 0.361 e. The molecule has 0 rings (SSSR count). The summed E-state index contributed by atoms with van der Waals surface area (Å²) in [5, 5.41) is 9.64. The van der Waals surface area contributed by atoms with Crippen LogP contribution in [0.2, 0.25) is 0 Å². The Morgan fingerprint density at radius 2 is 0.803 bits per heavy atom. The summed E-state index contributed by atoms with van der Waals surface area (Å²) in [7, 11) is 5.96. The highest BCUT2D eigenvalue weighted by Gasteiger charge is 2.25. The van der Waals surface area contributed by atoms with Crippen molar-refractivity contribution in [3.05, 3.63) is 48.6 Å². The van der Waals surface area contributed by atoms with Gasteiger partial charge in [0, 0.05) is 12.8 Å². The summed E-state index contributed by atoms with van der Waals surface area (Å²) in [5.41, 5.74) is 0. The van der Waals surface area contributed by atoms with Crippen LogP contribution in [0, 0.1) is 0 Å². The van der Waals surface area contributed by atoms with Gasteiger partial charge < -0.3 is 28.5 Å². The first kappa shape index (κ1) is 68.2. The number of unbranched alkanes of at least 4 members (excludes halogenated alkanes) is 32. The Morgan fingerprint density at radius 1 is 0.437 bits per heavy atom. The van der Waals surface area contributed by atoms with Gasteiger partial charge in [-0.2, -0.15) is 0 Å². The molecular formula is C62H114NO8+. The van der Waals surface area contributed by atoms with Gasteiger partial charge in [-0.15, -0.1) is 0 Å². The fourth-order valence-electron chi connectivity index (χ4n) is 8.54. The molecule has 2 unspecified atom stereocenters. The fraction of sp³-hybridized carbons (Fsp3) is 0.823. The van der Waals surface area contributed by atoms with E-state index in [1.165, 1.54) is 180 Å². The molecule has 0 amide bonds. The first-order chi connectivity index (χ1) is 34.6. The molecule has 0 saturated carbocycles. The number of rotatable bonds is 55. The summed E-state index contributed by atoms with van der Waals surface area (Å²) < 4.78 is 22.7. The van der Waals surface area contributed by atoms with E-state index in [0.29, 0.717) is 17.4 Å². The zero-order chi connectivity index (χ0) is 52.0. The van der Waals surface area contributed by atoms with E-state index in [0.717, 1.165) is 64.2 Å². The Balaban J connectivity index is 3.82. The van der Waals surface area contributed by atoms with Crippen LogP contribution in [0.3, 0.4) is 0 Å². The molecule has 0 spiro atoms. The Bertz CT molecular complexity index is 1300. The lowest BCUT2D eigenvalue weighted by Gasteiger charge is -2.25. The van der Waals surface area contributed by atoms with Gasteiger partial charge in [-0.05, 0) is 51.4 Å². The Morgan fingerprint density at radius 3 is 1.20 bits per heavy atom. The highest BCUT2D eigenvalue weighted by Crippen LogP contribution is 2.17. The van der Waals surface area contributed by atoms with E-state index in [1.54, 1.807) is 0 Å². The average molecular weight is 1000 g/mol. The van der Waals surface area contributed by atoms with Crippen molar-refractivity contribution in [3.63, 3.8) is 0 Å². The van der Waals surface area contributed by atoms with E-state index in [-0.39, 0.29) is 32.2 Å². The number of quaternary nitrogens is 1. The van der Waals surface area contributed by atoms with Crippen molar-refractivity contribution in [2.75, 3.05) is 47.5 Å². The minimum atomic E-state index is -1.50. The summed E-state index contributed by atoms with van der Waals surface area (Å²) in [6.07, 6.45) is 64.0. The van der Waals surface area contributed by atoms with E-state index in [2.05, 4.69) is 62.5 Å². The topological polar surface area (TPSA) is 108 Å². The number of carbonyl (C=O) groups is 3. The number of carboxylic acid groups (broad SMARTS) is 1. The van der Waals surface area contributed by atoms with Crippen molar-refractivity contribution in [1.82, 2.24) is 0 Å². The third-order valence-corrected chi connectivity index (χ3v) is 13.1. The van der Waals surface area contributed by atoms with Gasteiger partial charge in [-0.25, -0.2) is 4.79 Å². The SMILES string of the molecule is CC/C=C\C/C=C\C/C=C\C/C=C\CCCCCCCCCCCCCCCCCCCCCCCCCCCCC(=O)OC(COC(=O)CCCCCCCCC)COC(OCC[N+](C)(C)C)C(=O)O. The lowest BCUT2D eigenvalue weighted by atomic mass is 10.0. The van der Waals surface area contributed by atoms with Gasteiger partial charge >= 0.3 is 17.9 Å². The largest absolute Gasteiger partial charge is 0.477 e. The minimum Gasteiger partial charge on any atom is -0.477 e. The van der Waals surface area contributed by atoms with Gasteiger partial charge in [0.15, 0.2) is 6.10 Å². The van der Waals surface area contributed by atoms with Gasteiger partial charge in [0.25, 0.3) is 6.29 Å². The molecule has 414 valence electrons. The quantitative estimate of drug-likeness (QED) is 0.0211. The summed E-state index contributed by atoms with van der Waals surface area (Å²) in [6, 6.07) is 0. The molecule has 0 aliphatic rings. The fourth-order valence-corrected chi connectivity index (χ4v) is 8.54. The van der Waals surface area contributed by atoms with Crippen molar-refractivity contribution >= 4 is 17.9 Å². The van der Waals surface area contributed by atoms with Crippen LogP contribution in [0.1, 0.15) is 271 Å². The average Bonchev–Trinajstić information content (AvgIpc) is 3.34. The van der Waals surface area contributed by atoms with Gasteiger partial charge in [-0.1, -0.05) is 255 Å². The number of allylic oxidation sites excluding steroid dienone is 8. The zero-order valence-corrected chi connectivity index (χ0v) is 47.1. The van der Waals surface area contributed by atoms with Crippen molar-refractivity contribution in [2.45, 2.75) is 283 Å². The maximum Gasteiger partial charge on any atom is 0.361 e. The van der Waals surface area contributed by atoms with E-state index >= 15 is 0 Å². The molecule has 0 radical (unpaired) electrons.